The molecule has 1 fully saturated rings. The maximum atomic E-state index is 14.2. The molecule has 6 rings (SSSR count). The number of hydrogen-bond acceptors (Lipinski definition) is 5. The highest BCUT2D eigenvalue weighted by atomic mass is 32.2. The van der Waals surface area contributed by atoms with E-state index in [1.165, 1.54) is 16.4 Å². The number of carbonyl (C=O) groups excluding carboxylic acids is 1. The summed E-state index contributed by atoms with van der Waals surface area (Å²) in [6.45, 7) is 4.00. The van der Waals surface area contributed by atoms with Gasteiger partial charge in [-0.25, -0.2) is 17.5 Å². The van der Waals surface area contributed by atoms with Crippen LogP contribution >= 0.6 is 0 Å². The number of benzene rings is 2. The van der Waals surface area contributed by atoms with Crippen LogP contribution in [0.1, 0.15) is 39.3 Å². The van der Waals surface area contributed by atoms with Crippen LogP contribution in [0, 0.1) is 25.1 Å². The number of rotatable bonds is 5. The Morgan fingerprint density at radius 2 is 1.77 bits per heavy atom. The molecule has 0 saturated carbocycles. The van der Waals surface area contributed by atoms with Crippen LogP contribution in [0.5, 0.6) is 0 Å². The second-order valence-electron chi connectivity index (χ2n) is 10.3. The molecule has 3 heterocycles. The summed E-state index contributed by atoms with van der Waals surface area (Å²) < 4.78 is 44.4. The zero-order valence-corrected chi connectivity index (χ0v) is 22.5. The van der Waals surface area contributed by atoms with Gasteiger partial charge in [0.05, 0.1) is 27.9 Å². The van der Waals surface area contributed by atoms with Gasteiger partial charge in [0, 0.05) is 19.3 Å². The smallest absolute Gasteiger partial charge is 0.243 e. The van der Waals surface area contributed by atoms with Crippen molar-refractivity contribution < 1.29 is 17.6 Å². The van der Waals surface area contributed by atoms with Crippen molar-refractivity contribution in [3.8, 4) is 5.69 Å². The number of halogens is 1. The fourth-order valence-corrected chi connectivity index (χ4v) is 7.47. The third-order valence-corrected chi connectivity index (χ3v) is 9.44. The van der Waals surface area contributed by atoms with Crippen molar-refractivity contribution in [2.24, 2.45) is 5.41 Å². The van der Waals surface area contributed by atoms with Gasteiger partial charge in [-0.2, -0.15) is 9.40 Å². The Balaban J connectivity index is 1.45. The van der Waals surface area contributed by atoms with Gasteiger partial charge >= 0.3 is 0 Å². The lowest BCUT2D eigenvalue weighted by Crippen LogP contribution is -2.53. The number of aryl methyl sites for hydroxylation is 2. The average molecular weight is 543 g/mol. The van der Waals surface area contributed by atoms with Gasteiger partial charge in [-0.1, -0.05) is 17.7 Å². The van der Waals surface area contributed by atoms with E-state index in [2.05, 4.69) is 10.1 Å². The number of fused-ring (bicyclic) bond motifs is 2. The van der Waals surface area contributed by atoms with Crippen molar-refractivity contribution in [2.45, 2.75) is 31.6 Å². The highest BCUT2D eigenvalue weighted by Crippen LogP contribution is 2.47. The maximum Gasteiger partial charge on any atom is 0.243 e. The molecule has 1 aliphatic heterocycles. The second kappa shape index (κ2) is 9.36. The molecule has 198 valence electrons. The molecule has 0 unspecified atom stereocenters. The zero-order valence-electron chi connectivity index (χ0n) is 21.6. The number of piperidine rings is 1. The van der Waals surface area contributed by atoms with Crippen molar-refractivity contribution in [2.75, 3.05) is 13.1 Å². The van der Waals surface area contributed by atoms with Gasteiger partial charge < -0.3 is 0 Å². The Bertz CT molecular complexity index is 1710. The summed E-state index contributed by atoms with van der Waals surface area (Å²) in [5.41, 5.74) is 4.08. The van der Waals surface area contributed by atoms with Crippen molar-refractivity contribution in [1.29, 1.82) is 0 Å². The van der Waals surface area contributed by atoms with Gasteiger partial charge in [0.15, 0.2) is 5.78 Å². The van der Waals surface area contributed by atoms with Crippen LogP contribution in [-0.2, 0) is 16.4 Å². The summed E-state index contributed by atoms with van der Waals surface area (Å²) in [4.78, 5) is 18.8. The molecule has 0 bridgehead atoms. The van der Waals surface area contributed by atoms with E-state index in [0.717, 1.165) is 28.0 Å². The summed E-state index contributed by atoms with van der Waals surface area (Å²) in [6.07, 6.45) is 5.90. The SMILES string of the molecule is Cc1cc(C)cc(S(=O)(=O)N2CCC3=Cc4c(cnn4-c4ccc(F)cc4)C[C@]3(C(=O)c3ccccn3)C2)c1. The molecule has 0 spiro atoms. The Hall–Kier alpha value is -3.95. The van der Waals surface area contributed by atoms with E-state index >= 15 is 0 Å². The molecule has 2 aromatic carbocycles. The molecule has 39 heavy (non-hydrogen) atoms. The Kier molecular flexibility index (Phi) is 6.08. The number of hydrogen-bond donors (Lipinski definition) is 0. The van der Waals surface area contributed by atoms with Crippen molar-refractivity contribution in [1.82, 2.24) is 19.1 Å². The molecule has 0 amide bonds. The number of Topliss-reactive ketones (excluding diaryl/α,β-unsaturated/α-hetero) is 1. The fourth-order valence-electron chi connectivity index (χ4n) is 5.78. The van der Waals surface area contributed by atoms with Gasteiger partial charge in [-0.15, -0.1) is 0 Å². The monoisotopic (exact) mass is 542 g/mol. The largest absolute Gasteiger partial charge is 0.291 e. The van der Waals surface area contributed by atoms with Crippen molar-refractivity contribution >= 4 is 21.9 Å². The van der Waals surface area contributed by atoms with Gasteiger partial charge in [0.2, 0.25) is 10.0 Å². The zero-order chi connectivity index (χ0) is 27.4. The highest BCUT2D eigenvalue weighted by molar-refractivity contribution is 7.89. The van der Waals surface area contributed by atoms with Gasteiger partial charge in [0.25, 0.3) is 0 Å². The molecule has 9 heteroatoms. The molecule has 2 aliphatic rings. The van der Waals surface area contributed by atoms with Crippen LogP contribution in [0.25, 0.3) is 11.8 Å². The summed E-state index contributed by atoms with van der Waals surface area (Å²) in [5.74, 6) is -0.551. The van der Waals surface area contributed by atoms with Gasteiger partial charge in [-0.3, -0.25) is 9.78 Å². The maximum absolute atomic E-state index is 14.2. The summed E-state index contributed by atoms with van der Waals surface area (Å²) in [7, 11) is -3.85. The van der Waals surface area contributed by atoms with E-state index in [4.69, 9.17) is 0 Å². The van der Waals surface area contributed by atoms with Gasteiger partial charge in [-0.05, 0) is 98.0 Å². The first kappa shape index (κ1) is 25.3. The molecule has 0 radical (unpaired) electrons. The summed E-state index contributed by atoms with van der Waals surface area (Å²) in [5, 5.41) is 4.54. The number of nitrogens with zero attached hydrogens (tertiary/aromatic N) is 4. The standard InChI is InChI=1S/C30H27FN4O3S/c1-20-13-21(2)15-26(14-20)39(37,38)34-12-10-23-16-28-22(18-33-35(28)25-8-6-24(31)7-9-25)17-30(23,19-34)29(36)27-5-3-4-11-32-27/h3-9,11,13-16,18H,10,12,17,19H2,1-2H3/t30-/m0/s1. The quantitative estimate of drug-likeness (QED) is 0.334. The van der Waals surface area contributed by atoms with Crippen LogP contribution in [-0.4, -0.2) is 46.4 Å². The number of pyridine rings is 1. The van der Waals surface area contributed by atoms with Gasteiger partial charge in [0.1, 0.15) is 11.5 Å². The minimum absolute atomic E-state index is 0.00469. The lowest BCUT2D eigenvalue weighted by Gasteiger charge is -2.44. The average Bonchev–Trinajstić information content (AvgIpc) is 3.33. The van der Waals surface area contributed by atoms with Crippen LogP contribution in [0.2, 0.25) is 0 Å². The van der Waals surface area contributed by atoms with Crippen LogP contribution < -0.4 is 0 Å². The highest BCUT2D eigenvalue weighted by Gasteiger charge is 2.51. The molecular weight excluding hydrogens is 515 g/mol. The first-order valence-electron chi connectivity index (χ1n) is 12.8. The normalized spacial score (nSPS) is 19.2. The predicted molar refractivity (Wildman–Crippen MR) is 145 cm³/mol. The van der Waals surface area contributed by atoms with E-state index in [0.29, 0.717) is 17.8 Å². The lowest BCUT2D eigenvalue weighted by molar-refractivity contribution is 0.0770. The first-order valence-corrected chi connectivity index (χ1v) is 14.2. The van der Waals surface area contributed by atoms with Crippen molar-refractivity contribution in [3.63, 3.8) is 0 Å². The van der Waals surface area contributed by atoms with Crippen LogP contribution in [0.4, 0.5) is 4.39 Å². The second-order valence-corrected chi connectivity index (χ2v) is 12.3. The lowest BCUT2D eigenvalue weighted by atomic mass is 9.65. The minimum Gasteiger partial charge on any atom is -0.291 e. The molecule has 1 aliphatic carbocycles. The number of aromatic nitrogens is 3. The molecule has 1 atom stereocenters. The molecule has 4 aromatic rings. The molecular formula is C30H27FN4O3S. The molecule has 7 nitrogen and oxygen atoms in total. The number of carbonyl (C=O) groups is 1. The first-order chi connectivity index (χ1) is 18.7. The predicted octanol–water partition coefficient (Wildman–Crippen LogP) is 4.93. The fraction of sp³-hybridized carbons (Fsp3) is 0.233. The van der Waals surface area contributed by atoms with E-state index in [1.54, 1.807) is 59.5 Å². The molecule has 2 aromatic heterocycles. The third kappa shape index (κ3) is 4.31. The van der Waals surface area contributed by atoms with Crippen LogP contribution in [0.15, 0.2) is 83.5 Å². The van der Waals surface area contributed by atoms with Crippen LogP contribution in [0.3, 0.4) is 0 Å². The van der Waals surface area contributed by atoms with E-state index in [1.807, 2.05) is 26.0 Å². The third-order valence-electron chi connectivity index (χ3n) is 7.62. The molecule has 0 N–H and O–H groups in total. The summed E-state index contributed by atoms with van der Waals surface area (Å²) in [6, 6.07) is 16.5. The number of sulfonamides is 1. The Labute approximate surface area is 226 Å². The van der Waals surface area contributed by atoms with E-state index < -0.39 is 15.4 Å². The van der Waals surface area contributed by atoms with Crippen molar-refractivity contribution in [3.05, 3.63) is 113 Å². The minimum atomic E-state index is -3.85. The topological polar surface area (TPSA) is 85.2 Å². The van der Waals surface area contributed by atoms with E-state index in [9.17, 15) is 17.6 Å². The molecule has 1 saturated heterocycles. The van der Waals surface area contributed by atoms with E-state index in [-0.39, 0.29) is 36.0 Å². The number of ketones is 1. The summed E-state index contributed by atoms with van der Waals surface area (Å²) >= 11 is 0. The Morgan fingerprint density at radius 1 is 1.03 bits per heavy atom. The Morgan fingerprint density at radius 3 is 2.46 bits per heavy atom.